The van der Waals surface area contributed by atoms with Crippen molar-refractivity contribution in [1.29, 1.82) is 0 Å². The highest BCUT2D eigenvalue weighted by molar-refractivity contribution is 5.75. The van der Waals surface area contributed by atoms with Crippen LogP contribution >= 0.6 is 0 Å². The van der Waals surface area contributed by atoms with E-state index in [-0.39, 0.29) is 18.2 Å². The summed E-state index contributed by atoms with van der Waals surface area (Å²) < 4.78 is 7.00. The molecular formula is C22H25N3O4. The minimum absolute atomic E-state index is 0.0896. The molecule has 0 bridgehead atoms. The van der Waals surface area contributed by atoms with Gasteiger partial charge in [-0.2, -0.15) is 5.48 Å². The number of nitrogens with zero attached hydrogens (tertiary/aromatic N) is 2. The van der Waals surface area contributed by atoms with Crippen molar-refractivity contribution in [1.82, 2.24) is 14.9 Å². The van der Waals surface area contributed by atoms with Gasteiger partial charge in [0.15, 0.2) is 0 Å². The molecule has 1 aromatic heterocycles. The first-order valence-electron chi connectivity index (χ1n) is 9.38. The van der Waals surface area contributed by atoms with Gasteiger partial charge in [-0.1, -0.05) is 42.5 Å². The van der Waals surface area contributed by atoms with Gasteiger partial charge >= 0.3 is 6.09 Å². The van der Waals surface area contributed by atoms with E-state index < -0.39 is 6.09 Å². The lowest BCUT2D eigenvalue weighted by atomic mass is 10.0. The predicted molar refractivity (Wildman–Crippen MR) is 111 cm³/mol. The highest BCUT2D eigenvalue weighted by atomic mass is 16.6. The number of ether oxygens (including phenoxy) is 1. The van der Waals surface area contributed by atoms with Gasteiger partial charge in [-0.3, -0.25) is 9.63 Å². The zero-order chi connectivity index (χ0) is 20.6. The van der Waals surface area contributed by atoms with Gasteiger partial charge < -0.3 is 14.2 Å². The molecule has 0 aliphatic carbocycles. The Balaban J connectivity index is 1.74. The molecule has 1 atom stereocenters. The number of benzene rings is 1. The molecular weight excluding hydrogens is 370 g/mol. The Labute approximate surface area is 169 Å². The van der Waals surface area contributed by atoms with Crippen LogP contribution in [0.4, 0.5) is 4.79 Å². The van der Waals surface area contributed by atoms with Crippen LogP contribution in [0.2, 0.25) is 0 Å². The van der Waals surface area contributed by atoms with E-state index in [1.807, 2.05) is 36.4 Å². The number of hydrogen-bond acceptors (Lipinski definition) is 5. The van der Waals surface area contributed by atoms with Gasteiger partial charge in [0.1, 0.15) is 6.61 Å². The lowest BCUT2D eigenvalue weighted by Crippen LogP contribution is -2.47. The first-order valence-corrected chi connectivity index (χ1v) is 9.38. The van der Waals surface area contributed by atoms with Crippen molar-refractivity contribution >= 4 is 11.7 Å². The minimum atomic E-state index is -0.403. The molecule has 152 valence electrons. The molecule has 0 fully saturated rings. The van der Waals surface area contributed by atoms with Gasteiger partial charge in [0.2, 0.25) is 5.56 Å². The average molecular weight is 395 g/mol. The summed E-state index contributed by atoms with van der Waals surface area (Å²) in [5.74, 6) is 0. The molecule has 1 N–H and O–H groups in total. The molecule has 2 heterocycles. The molecule has 1 amide bonds. The molecule has 0 radical (unpaired) electrons. The van der Waals surface area contributed by atoms with Crippen LogP contribution < -0.4 is 11.0 Å². The third-order valence-corrected chi connectivity index (χ3v) is 4.54. The number of rotatable bonds is 7. The van der Waals surface area contributed by atoms with Crippen LogP contribution in [0.25, 0.3) is 5.57 Å². The van der Waals surface area contributed by atoms with Crippen molar-refractivity contribution in [3.63, 3.8) is 0 Å². The summed E-state index contributed by atoms with van der Waals surface area (Å²) in [6.07, 6.45) is 5.00. The quantitative estimate of drug-likeness (QED) is 0.443. The van der Waals surface area contributed by atoms with E-state index in [0.717, 1.165) is 16.7 Å². The largest absolute Gasteiger partial charge is 0.445 e. The number of amides is 1. The Hall–Kier alpha value is -3.16. The summed E-state index contributed by atoms with van der Waals surface area (Å²) in [5, 5.41) is 0. The first kappa shape index (κ1) is 20.6. The van der Waals surface area contributed by atoms with E-state index in [1.165, 1.54) is 10.6 Å². The molecule has 1 unspecified atom stereocenters. The maximum Gasteiger partial charge on any atom is 0.410 e. The van der Waals surface area contributed by atoms with Crippen LogP contribution in [0, 0.1) is 0 Å². The molecule has 1 aromatic carbocycles. The fourth-order valence-electron chi connectivity index (χ4n) is 3.06. The van der Waals surface area contributed by atoms with E-state index >= 15 is 0 Å². The van der Waals surface area contributed by atoms with Crippen molar-refractivity contribution in [3.05, 3.63) is 88.9 Å². The van der Waals surface area contributed by atoms with Gasteiger partial charge in [-0.25, -0.2) is 4.79 Å². The van der Waals surface area contributed by atoms with Crippen LogP contribution in [-0.4, -0.2) is 41.3 Å². The van der Waals surface area contributed by atoms with Gasteiger partial charge in [-0.15, -0.1) is 6.58 Å². The molecule has 7 heteroatoms. The topological polar surface area (TPSA) is 72.8 Å². The van der Waals surface area contributed by atoms with Gasteiger partial charge in [0.25, 0.3) is 0 Å². The Morgan fingerprint density at radius 2 is 2.07 bits per heavy atom. The van der Waals surface area contributed by atoms with E-state index in [0.29, 0.717) is 19.7 Å². The average Bonchev–Trinajstić information content (AvgIpc) is 2.74. The zero-order valence-electron chi connectivity index (χ0n) is 16.4. The first-order chi connectivity index (χ1) is 14.1. The summed E-state index contributed by atoms with van der Waals surface area (Å²) in [6.45, 7) is 4.96. The summed E-state index contributed by atoms with van der Waals surface area (Å²) in [6, 6.07) is 12.6. The van der Waals surface area contributed by atoms with E-state index in [2.05, 4.69) is 12.1 Å². The third-order valence-electron chi connectivity index (χ3n) is 4.54. The molecule has 1 aliphatic rings. The smallest absolute Gasteiger partial charge is 0.410 e. The fraction of sp³-hybridized carbons (Fsp3) is 0.273. The van der Waals surface area contributed by atoms with Crippen LogP contribution in [0.1, 0.15) is 11.1 Å². The maximum absolute atomic E-state index is 12.7. The van der Waals surface area contributed by atoms with Crippen LogP contribution in [-0.2, 0) is 23.2 Å². The van der Waals surface area contributed by atoms with E-state index in [4.69, 9.17) is 9.57 Å². The molecule has 3 rings (SSSR count). The zero-order valence-corrected chi connectivity index (χ0v) is 16.4. The summed E-state index contributed by atoms with van der Waals surface area (Å²) in [5.41, 5.74) is 5.55. The number of pyridine rings is 1. The van der Waals surface area contributed by atoms with Crippen molar-refractivity contribution in [2.75, 3.05) is 19.7 Å². The van der Waals surface area contributed by atoms with Crippen molar-refractivity contribution in [2.24, 2.45) is 7.05 Å². The number of nitrogens with one attached hydrogen (secondary N) is 1. The highest BCUT2D eigenvalue weighted by Crippen LogP contribution is 2.21. The molecule has 29 heavy (non-hydrogen) atoms. The Morgan fingerprint density at radius 3 is 2.79 bits per heavy atom. The molecule has 7 nitrogen and oxygen atoms in total. The predicted octanol–water partition coefficient (Wildman–Crippen LogP) is 2.50. The number of carbonyl (C=O) groups is 1. The van der Waals surface area contributed by atoms with Gasteiger partial charge in [-0.05, 0) is 22.8 Å². The lowest BCUT2D eigenvalue weighted by Gasteiger charge is -2.32. The molecule has 1 aliphatic heterocycles. The van der Waals surface area contributed by atoms with E-state index in [1.54, 1.807) is 30.3 Å². The summed E-state index contributed by atoms with van der Waals surface area (Å²) in [4.78, 5) is 31.4. The van der Waals surface area contributed by atoms with Gasteiger partial charge in [0.05, 0.1) is 12.6 Å². The Kier molecular flexibility index (Phi) is 6.99. The van der Waals surface area contributed by atoms with Crippen LogP contribution in [0.3, 0.4) is 0 Å². The molecule has 0 saturated carbocycles. The second kappa shape index (κ2) is 9.86. The number of aromatic nitrogens is 1. The van der Waals surface area contributed by atoms with Crippen LogP contribution in [0.15, 0.2) is 72.2 Å². The molecule has 0 saturated heterocycles. The van der Waals surface area contributed by atoms with Crippen molar-refractivity contribution in [3.8, 4) is 0 Å². The summed E-state index contributed by atoms with van der Waals surface area (Å²) in [7, 11) is 1.70. The molecule has 0 spiro atoms. The SMILES string of the molecule is C=CCONC1C=C(c2ccc(=O)n(C)c2)CN(C(=O)OCc2ccccc2)C1. The van der Waals surface area contributed by atoms with Crippen molar-refractivity contribution < 1.29 is 14.4 Å². The second-order valence-corrected chi connectivity index (χ2v) is 6.80. The third kappa shape index (κ3) is 5.66. The number of hydrogen-bond donors (Lipinski definition) is 1. The normalized spacial score (nSPS) is 16.2. The Morgan fingerprint density at radius 1 is 1.28 bits per heavy atom. The number of hydroxylamine groups is 1. The second-order valence-electron chi connectivity index (χ2n) is 6.80. The highest BCUT2D eigenvalue weighted by Gasteiger charge is 2.26. The van der Waals surface area contributed by atoms with Crippen LogP contribution in [0.5, 0.6) is 0 Å². The monoisotopic (exact) mass is 395 g/mol. The number of aryl methyl sites for hydroxylation is 1. The van der Waals surface area contributed by atoms with E-state index in [9.17, 15) is 9.59 Å². The molecule has 2 aromatic rings. The Bertz CT molecular complexity index is 937. The standard InChI is InChI=1S/C22H25N3O4/c1-3-11-29-23-20-12-19(18-9-10-21(26)24(2)13-18)14-25(15-20)22(27)28-16-17-7-5-4-6-8-17/h3-10,12-13,20,23H,1,11,14-16H2,2H3. The summed E-state index contributed by atoms with van der Waals surface area (Å²) >= 11 is 0. The van der Waals surface area contributed by atoms with Gasteiger partial charge in [0, 0.05) is 32.4 Å². The fourth-order valence-corrected chi connectivity index (χ4v) is 3.06. The maximum atomic E-state index is 12.7. The minimum Gasteiger partial charge on any atom is -0.445 e. The lowest BCUT2D eigenvalue weighted by molar-refractivity contribution is 0.0327. The van der Waals surface area contributed by atoms with Crippen molar-refractivity contribution in [2.45, 2.75) is 12.6 Å². The number of carbonyl (C=O) groups excluding carboxylic acids is 1.